The van der Waals surface area contributed by atoms with Crippen molar-refractivity contribution in [2.45, 2.75) is 12.8 Å². The van der Waals surface area contributed by atoms with Crippen LogP contribution in [0.1, 0.15) is 33.0 Å². The number of hydrogen-bond acceptors (Lipinski definition) is 7. The zero-order chi connectivity index (χ0) is 19.1. The maximum absolute atomic E-state index is 12.4. The Kier molecular flexibility index (Phi) is 6.99. The summed E-state index contributed by atoms with van der Waals surface area (Å²) in [6.07, 6.45) is 0. The third-order valence-corrected chi connectivity index (χ3v) is 4.86. The summed E-state index contributed by atoms with van der Waals surface area (Å²) in [6, 6.07) is 12.3. The van der Waals surface area contributed by atoms with Crippen LogP contribution in [0.5, 0.6) is 0 Å². The van der Waals surface area contributed by atoms with Gasteiger partial charge in [0.05, 0.1) is 10.8 Å². The van der Waals surface area contributed by atoms with E-state index < -0.39 is 24.5 Å². The highest BCUT2D eigenvalue weighted by molar-refractivity contribution is 7.80. The number of rotatable bonds is 8. The Bertz CT molecular complexity index is 812. The Morgan fingerprint density at radius 3 is 2.42 bits per heavy atom. The van der Waals surface area contributed by atoms with Gasteiger partial charge in [0.15, 0.2) is 18.3 Å². The van der Waals surface area contributed by atoms with Gasteiger partial charge in [0.25, 0.3) is 0 Å². The third-order valence-electron chi connectivity index (χ3n) is 3.36. The van der Waals surface area contributed by atoms with Gasteiger partial charge in [-0.2, -0.15) is 0 Å². The van der Waals surface area contributed by atoms with Crippen molar-refractivity contribution >= 4 is 46.3 Å². The van der Waals surface area contributed by atoms with Crippen molar-refractivity contribution in [2.75, 3.05) is 13.2 Å². The van der Waals surface area contributed by atoms with Gasteiger partial charge < -0.3 is 14.6 Å². The largest absolute Gasteiger partial charge is 0.479 e. The number of carbonyl (C=O) groups excluding carboxylic acids is 2. The lowest BCUT2D eigenvalue weighted by Gasteiger charge is -2.10. The van der Waals surface area contributed by atoms with Gasteiger partial charge in [-0.25, -0.2) is 4.79 Å². The van der Waals surface area contributed by atoms with Gasteiger partial charge in [-0.1, -0.05) is 30.3 Å². The van der Waals surface area contributed by atoms with Crippen LogP contribution in [-0.2, 0) is 19.1 Å². The molecule has 26 heavy (non-hydrogen) atoms. The first kappa shape index (κ1) is 19.7. The molecule has 8 heteroatoms. The standard InChI is InChI=1S/C18H16O6S2/c1-11(18(22)24-10-16(25)23-9-15(19)20)13-7-8-14(26-13)17(21)12-5-3-2-4-6-12/h2-8,11H,9-10H2,1H3,(H,19,20)/t11-/m0/s1. The van der Waals surface area contributed by atoms with Gasteiger partial charge in [-0.05, 0) is 31.3 Å². The van der Waals surface area contributed by atoms with Crippen molar-refractivity contribution in [3.8, 4) is 0 Å². The number of ketones is 1. The molecule has 6 nitrogen and oxygen atoms in total. The molecule has 2 aromatic rings. The van der Waals surface area contributed by atoms with Crippen LogP contribution in [0.25, 0.3) is 0 Å². The van der Waals surface area contributed by atoms with Crippen LogP contribution >= 0.6 is 23.6 Å². The lowest BCUT2D eigenvalue weighted by atomic mass is 10.1. The SMILES string of the molecule is C[C@H](C(=O)OCC(=S)OCC(=O)O)c1ccc(C(=O)c2ccccc2)s1. The summed E-state index contributed by atoms with van der Waals surface area (Å²) < 4.78 is 9.77. The van der Waals surface area contributed by atoms with Gasteiger partial charge in [-0.15, -0.1) is 11.3 Å². The molecule has 0 saturated heterocycles. The second-order valence-corrected chi connectivity index (χ2v) is 6.85. The molecule has 0 amide bonds. The number of thiocarbonyl (C=S) groups is 1. The molecule has 1 N–H and O–H groups in total. The van der Waals surface area contributed by atoms with Gasteiger partial charge in [-0.3, -0.25) is 9.59 Å². The number of carboxylic acids is 1. The molecule has 1 heterocycles. The van der Waals surface area contributed by atoms with E-state index in [0.29, 0.717) is 15.3 Å². The van der Waals surface area contributed by atoms with Crippen molar-refractivity contribution in [3.05, 3.63) is 57.8 Å². The van der Waals surface area contributed by atoms with E-state index in [1.807, 2.05) is 6.07 Å². The molecule has 1 atom stereocenters. The first-order chi connectivity index (χ1) is 12.4. The Morgan fingerprint density at radius 1 is 1.08 bits per heavy atom. The van der Waals surface area contributed by atoms with Crippen molar-refractivity contribution < 1.29 is 29.0 Å². The number of ether oxygens (including phenoxy) is 2. The average molecular weight is 392 g/mol. The van der Waals surface area contributed by atoms with Crippen LogP contribution in [0.3, 0.4) is 0 Å². The maximum Gasteiger partial charge on any atom is 0.341 e. The fourth-order valence-electron chi connectivity index (χ4n) is 1.99. The van der Waals surface area contributed by atoms with E-state index in [1.54, 1.807) is 43.3 Å². The molecule has 0 fully saturated rings. The summed E-state index contributed by atoms with van der Waals surface area (Å²) in [7, 11) is 0. The molecular formula is C18H16O6S2. The van der Waals surface area contributed by atoms with E-state index in [1.165, 1.54) is 11.3 Å². The minimum Gasteiger partial charge on any atom is -0.479 e. The average Bonchev–Trinajstić information content (AvgIpc) is 3.13. The van der Waals surface area contributed by atoms with Gasteiger partial charge in [0.2, 0.25) is 5.78 Å². The first-order valence-corrected chi connectivity index (χ1v) is 8.84. The molecule has 0 bridgehead atoms. The Morgan fingerprint density at radius 2 is 1.77 bits per heavy atom. The summed E-state index contributed by atoms with van der Waals surface area (Å²) in [4.78, 5) is 36.1. The van der Waals surface area contributed by atoms with Crippen LogP contribution < -0.4 is 0 Å². The molecule has 0 aliphatic rings. The zero-order valence-corrected chi connectivity index (χ0v) is 15.5. The highest BCUT2D eigenvalue weighted by atomic mass is 32.1. The third kappa shape index (κ3) is 5.47. The minimum absolute atomic E-state index is 0.106. The fourth-order valence-corrected chi connectivity index (χ4v) is 3.12. The topological polar surface area (TPSA) is 89.9 Å². The summed E-state index contributed by atoms with van der Waals surface area (Å²) in [5.74, 6) is -2.39. The summed E-state index contributed by atoms with van der Waals surface area (Å²) in [5, 5.41) is 8.38. The molecule has 0 spiro atoms. The van der Waals surface area contributed by atoms with Gasteiger partial charge in [0.1, 0.15) is 0 Å². The number of thiophene rings is 1. The molecule has 136 valence electrons. The van der Waals surface area contributed by atoms with Gasteiger partial charge >= 0.3 is 11.9 Å². The predicted molar refractivity (Wildman–Crippen MR) is 99.8 cm³/mol. The monoisotopic (exact) mass is 392 g/mol. The molecule has 0 radical (unpaired) electrons. The van der Waals surface area contributed by atoms with Crippen LogP contribution in [0.2, 0.25) is 0 Å². The van der Waals surface area contributed by atoms with Crippen molar-refractivity contribution in [3.63, 3.8) is 0 Å². The quantitative estimate of drug-likeness (QED) is 0.419. The minimum atomic E-state index is -1.17. The lowest BCUT2D eigenvalue weighted by molar-refractivity contribution is -0.143. The molecule has 2 rings (SSSR count). The van der Waals surface area contributed by atoms with Crippen LogP contribution in [0, 0.1) is 0 Å². The molecule has 0 saturated carbocycles. The Balaban J connectivity index is 1.93. The highest BCUT2D eigenvalue weighted by Crippen LogP contribution is 2.27. The second-order valence-electron chi connectivity index (χ2n) is 5.28. The van der Waals surface area contributed by atoms with Crippen LogP contribution in [-0.4, -0.2) is 41.1 Å². The molecule has 0 aliphatic carbocycles. The first-order valence-electron chi connectivity index (χ1n) is 7.62. The van der Waals surface area contributed by atoms with E-state index in [-0.39, 0.29) is 17.4 Å². The van der Waals surface area contributed by atoms with Gasteiger partial charge in [0, 0.05) is 10.4 Å². The normalized spacial score (nSPS) is 11.4. The fraction of sp³-hybridized carbons (Fsp3) is 0.222. The van der Waals surface area contributed by atoms with E-state index in [4.69, 9.17) is 26.8 Å². The highest BCUT2D eigenvalue weighted by Gasteiger charge is 2.21. The van der Waals surface area contributed by atoms with Crippen molar-refractivity contribution in [1.29, 1.82) is 0 Å². The van der Waals surface area contributed by atoms with Crippen molar-refractivity contribution in [2.24, 2.45) is 0 Å². The number of benzene rings is 1. The summed E-state index contributed by atoms with van der Waals surface area (Å²) in [5.41, 5.74) is 0.581. The van der Waals surface area contributed by atoms with E-state index >= 15 is 0 Å². The lowest BCUT2D eigenvalue weighted by Crippen LogP contribution is -2.20. The maximum atomic E-state index is 12.4. The predicted octanol–water partition coefficient (Wildman–Crippen LogP) is 3.05. The smallest absolute Gasteiger partial charge is 0.341 e. The van der Waals surface area contributed by atoms with Crippen molar-refractivity contribution in [1.82, 2.24) is 0 Å². The number of hydrogen-bond donors (Lipinski definition) is 1. The molecular weight excluding hydrogens is 376 g/mol. The summed E-state index contributed by atoms with van der Waals surface area (Å²) >= 11 is 6.01. The molecule has 0 unspecified atom stereocenters. The molecule has 1 aromatic heterocycles. The number of esters is 1. The number of carbonyl (C=O) groups is 3. The van der Waals surface area contributed by atoms with Crippen LogP contribution in [0.15, 0.2) is 42.5 Å². The van der Waals surface area contributed by atoms with E-state index in [2.05, 4.69) is 0 Å². The van der Waals surface area contributed by atoms with Crippen LogP contribution in [0.4, 0.5) is 0 Å². The molecule has 0 aliphatic heterocycles. The second kappa shape index (κ2) is 9.21. The Labute approximate surface area is 159 Å². The Hall–Kier alpha value is -2.58. The number of aliphatic carboxylic acids is 1. The summed E-state index contributed by atoms with van der Waals surface area (Å²) in [6.45, 7) is 0.779. The number of carboxylic acid groups (broad SMARTS) is 1. The van der Waals surface area contributed by atoms with E-state index in [9.17, 15) is 14.4 Å². The van der Waals surface area contributed by atoms with E-state index in [0.717, 1.165) is 0 Å². The molecule has 1 aromatic carbocycles. The zero-order valence-electron chi connectivity index (χ0n) is 13.8.